The zero-order valence-corrected chi connectivity index (χ0v) is 18.5. The molecule has 8 rings (SSSR count). The maximum atomic E-state index is 6.25. The third-order valence-electron chi connectivity index (χ3n) is 6.71. The molecule has 0 saturated carbocycles. The molecule has 3 aromatic heterocycles. The van der Waals surface area contributed by atoms with Gasteiger partial charge in [-0.15, -0.1) is 0 Å². The maximum Gasteiger partial charge on any atom is 0.227 e. The summed E-state index contributed by atoms with van der Waals surface area (Å²) >= 11 is 0. The molecule has 0 saturated heterocycles. The van der Waals surface area contributed by atoms with Crippen molar-refractivity contribution >= 4 is 55.0 Å². The van der Waals surface area contributed by atoms with Gasteiger partial charge < -0.3 is 13.3 Å². The molecule has 0 N–H and O–H groups in total. The van der Waals surface area contributed by atoms with Gasteiger partial charge in [-0.25, -0.2) is 4.98 Å². The predicted octanol–water partition coefficient (Wildman–Crippen LogP) is 8.96. The molecule has 0 bridgehead atoms. The highest BCUT2D eigenvalue weighted by atomic mass is 16.4. The first-order valence-corrected chi connectivity index (χ1v) is 11.5. The Morgan fingerprint density at radius 3 is 2.06 bits per heavy atom. The topological polar surface area (TPSA) is 52.3 Å². The Labute approximate surface area is 199 Å². The first-order valence-electron chi connectivity index (χ1n) is 11.5. The van der Waals surface area contributed by atoms with E-state index in [9.17, 15) is 0 Å². The highest BCUT2D eigenvalue weighted by Gasteiger charge is 2.16. The zero-order valence-electron chi connectivity index (χ0n) is 18.5. The molecule has 0 fully saturated rings. The Hall–Kier alpha value is -4.83. The van der Waals surface area contributed by atoms with Crippen LogP contribution in [0.4, 0.5) is 0 Å². The summed E-state index contributed by atoms with van der Waals surface area (Å²) in [6.45, 7) is 0. The van der Waals surface area contributed by atoms with Gasteiger partial charge in [0.25, 0.3) is 0 Å². The molecular formula is C31H17NO3. The Morgan fingerprint density at radius 2 is 1.17 bits per heavy atom. The quantitative estimate of drug-likeness (QED) is 0.263. The van der Waals surface area contributed by atoms with Crippen LogP contribution in [0.5, 0.6) is 0 Å². The van der Waals surface area contributed by atoms with Crippen LogP contribution in [-0.2, 0) is 0 Å². The molecule has 0 unspecified atom stereocenters. The number of benzene rings is 5. The Morgan fingerprint density at radius 1 is 0.457 bits per heavy atom. The van der Waals surface area contributed by atoms with Gasteiger partial charge in [0.1, 0.15) is 27.8 Å². The highest BCUT2D eigenvalue weighted by molar-refractivity contribution is 6.10. The minimum absolute atomic E-state index is 0.579. The van der Waals surface area contributed by atoms with Crippen molar-refractivity contribution in [3.63, 3.8) is 0 Å². The van der Waals surface area contributed by atoms with Gasteiger partial charge in [0.2, 0.25) is 5.89 Å². The van der Waals surface area contributed by atoms with Crippen molar-refractivity contribution in [2.24, 2.45) is 0 Å². The van der Waals surface area contributed by atoms with Crippen LogP contribution in [0.25, 0.3) is 77.6 Å². The third kappa shape index (κ3) is 2.71. The fourth-order valence-electron chi connectivity index (χ4n) is 5.06. The molecule has 0 aliphatic carbocycles. The zero-order chi connectivity index (χ0) is 22.9. The number of rotatable bonds is 2. The number of aromatic nitrogens is 1. The first kappa shape index (κ1) is 18.6. The van der Waals surface area contributed by atoms with Crippen molar-refractivity contribution in [2.45, 2.75) is 0 Å². The van der Waals surface area contributed by atoms with Gasteiger partial charge in [-0.3, -0.25) is 0 Å². The van der Waals surface area contributed by atoms with Crippen molar-refractivity contribution in [3.8, 4) is 22.6 Å². The Bertz CT molecular complexity index is 2070. The minimum Gasteiger partial charge on any atom is -0.456 e. The summed E-state index contributed by atoms with van der Waals surface area (Å²) in [5, 5.41) is 4.33. The second-order valence-corrected chi connectivity index (χ2v) is 8.79. The van der Waals surface area contributed by atoms with E-state index in [-0.39, 0.29) is 0 Å². The van der Waals surface area contributed by atoms with Crippen molar-refractivity contribution in [1.29, 1.82) is 0 Å². The van der Waals surface area contributed by atoms with Crippen LogP contribution in [0, 0.1) is 0 Å². The van der Waals surface area contributed by atoms with Gasteiger partial charge in [-0.1, -0.05) is 66.7 Å². The summed E-state index contributed by atoms with van der Waals surface area (Å²) < 4.78 is 18.5. The van der Waals surface area contributed by atoms with Gasteiger partial charge >= 0.3 is 0 Å². The van der Waals surface area contributed by atoms with Crippen LogP contribution in [0.3, 0.4) is 0 Å². The van der Waals surface area contributed by atoms with Gasteiger partial charge in [0.15, 0.2) is 5.58 Å². The number of hydrogen-bond donors (Lipinski definition) is 0. The van der Waals surface area contributed by atoms with E-state index >= 15 is 0 Å². The number of furan rings is 2. The molecule has 4 nitrogen and oxygen atoms in total. The van der Waals surface area contributed by atoms with E-state index in [4.69, 9.17) is 18.2 Å². The van der Waals surface area contributed by atoms with Crippen molar-refractivity contribution in [1.82, 2.24) is 4.98 Å². The van der Waals surface area contributed by atoms with Crippen LogP contribution < -0.4 is 0 Å². The lowest BCUT2D eigenvalue weighted by atomic mass is 10.0. The van der Waals surface area contributed by atoms with E-state index in [1.54, 1.807) is 0 Å². The second kappa shape index (κ2) is 6.84. The number of nitrogens with zero attached hydrogens (tertiary/aromatic N) is 1. The number of para-hydroxylation sites is 3. The molecule has 8 aromatic rings. The van der Waals surface area contributed by atoms with E-state index in [1.165, 1.54) is 0 Å². The lowest BCUT2D eigenvalue weighted by Gasteiger charge is -2.04. The molecule has 164 valence electrons. The monoisotopic (exact) mass is 451 g/mol. The summed E-state index contributed by atoms with van der Waals surface area (Å²) in [6.07, 6.45) is 0. The smallest absolute Gasteiger partial charge is 0.227 e. The second-order valence-electron chi connectivity index (χ2n) is 8.79. The number of hydrogen-bond acceptors (Lipinski definition) is 4. The van der Waals surface area contributed by atoms with E-state index in [1.807, 2.05) is 60.7 Å². The molecule has 35 heavy (non-hydrogen) atoms. The largest absolute Gasteiger partial charge is 0.456 e. The average Bonchev–Trinajstić information content (AvgIpc) is 3.60. The van der Waals surface area contributed by atoms with E-state index in [2.05, 4.69) is 42.5 Å². The summed E-state index contributed by atoms with van der Waals surface area (Å²) in [7, 11) is 0. The van der Waals surface area contributed by atoms with Crippen molar-refractivity contribution < 1.29 is 13.3 Å². The SMILES string of the molecule is c1cc(-c2nc3cc4oc5ccccc5c4cc3o2)cc(-c2cccc3c2oc2ccccc23)c1. The molecule has 4 heteroatoms. The summed E-state index contributed by atoms with van der Waals surface area (Å²) in [4.78, 5) is 4.79. The molecule has 0 atom stereocenters. The lowest BCUT2D eigenvalue weighted by molar-refractivity contribution is 0.620. The standard InChI is InChI=1S/C31H17NO3/c1-4-14-27-21(9-1)23-12-6-11-20(30(23)34-27)18-7-5-8-19(15-18)31-32-25-17-28-24(16-29(25)35-31)22-10-2-3-13-26(22)33-28/h1-17H. The normalized spacial score (nSPS) is 12.0. The van der Waals surface area contributed by atoms with Crippen LogP contribution in [0.2, 0.25) is 0 Å². The lowest BCUT2D eigenvalue weighted by Crippen LogP contribution is -1.82. The van der Waals surface area contributed by atoms with E-state index in [0.717, 1.165) is 71.7 Å². The predicted molar refractivity (Wildman–Crippen MR) is 139 cm³/mol. The molecular weight excluding hydrogens is 434 g/mol. The maximum absolute atomic E-state index is 6.25. The minimum atomic E-state index is 0.579. The highest BCUT2D eigenvalue weighted by Crippen LogP contribution is 2.38. The molecule has 0 radical (unpaired) electrons. The molecule has 0 amide bonds. The van der Waals surface area contributed by atoms with E-state index < -0.39 is 0 Å². The van der Waals surface area contributed by atoms with Crippen LogP contribution in [0.1, 0.15) is 0 Å². The molecule has 5 aromatic carbocycles. The van der Waals surface area contributed by atoms with Crippen LogP contribution in [-0.4, -0.2) is 4.98 Å². The Kier molecular flexibility index (Phi) is 3.63. The number of fused-ring (bicyclic) bond motifs is 7. The molecule has 0 spiro atoms. The van der Waals surface area contributed by atoms with Gasteiger partial charge in [-0.05, 0) is 35.9 Å². The average molecular weight is 451 g/mol. The fourth-order valence-corrected chi connectivity index (χ4v) is 5.06. The number of oxazole rings is 1. The summed E-state index contributed by atoms with van der Waals surface area (Å²) in [5.74, 6) is 0.579. The van der Waals surface area contributed by atoms with Crippen molar-refractivity contribution in [2.75, 3.05) is 0 Å². The molecule has 0 aliphatic heterocycles. The Balaban J connectivity index is 1.28. The van der Waals surface area contributed by atoms with Gasteiger partial charge in [-0.2, -0.15) is 0 Å². The fraction of sp³-hybridized carbons (Fsp3) is 0. The van der Waals surface area contributed by atoms with Gasteiger partial charge in [0, 0.05) is 38.7 Å². The summed E-state index contributed by atoms with van der Waals surface area (Å²) in [6, 6.07) is 34.7. The first-order chi connectivity index (χ1) is 17.3. The van der Waals surface area contributed by atoms with E-state index in [0.29, 0.717) is 5.89 Å². The van der Waals surface area contributed by atoms with Gasteiger partial charge in [0.05, 0.1) is 0 Å². The third-order valence-corrected chi connectivity index (χ3v) is 6.71. The van der Waals surface area contributed by atoms with Crippen LogP contribution >= 0.6 is 0 Å². The van der Waals surface area contributed by atoms with Crippen molar-refractivity contribution in [3.05, 3.63) is 103 Å². The van der Waals surface area contributed by atoms with Crippen LogP contribution in [0.15, 0.2) is 116 Å². The molecule has 3 heterocycles. The summed E-state index contributed by atoms with van der Waals surface area (Å²) in [5.41, 5.74) is 7.97. The molecule has 0 aliphatic rings.